The van der Waals surface area contributed by atoms with Crippen molar-refractivity contribution in [1.29, 1.82) is 0 Å². The quantitative estimate of drug-likeness (QED) is 0.362. The highest BCUT2D eigenvalue weighted by Gasteiger charge is 2.29. The van der Waals surface area contributed by atoms with E-state index in [0.29, 0.717) is 11.5 Å². The molecule has 27 heavy (non-hydrogen) atoms. The van der Waals surface area contributed by atoms with Gasteiger partial charge in [0.25, 0.3) is 0 Å². The first-order valence-corrected chi connectivity index (χ1v) is 8.04. The first-order valence-electron chi connectivity index (χ1n) is 8.04. The molecule has 1 heterocycles. The summed E-state index contributed by atoms with van der Waals surface area (Å²) in [6.45, 7) is 0.835. The van der Waals surface area contributed by atoms with Crippen LogP contribution in [0.25, 0.3) is 0 Å². The molecule has 9 heteroatoms. The van der Waals surface area contributed by atoms with Crippen molar-refractivity contribution in [2.24, 2.45) is 4.99 Å². The molecular weight excluding hydrogens is 472 g/mol. The molecule has 148 valence electrons. The maximum absolute atomic E-state index is 12.3. The summed E-state index contributed by atoms with van der Waals surface area (Å²) in [7, 11) is 1.62. The minimum absolute atomic E-state index is 0. The van der Waals surface area contributed by atoms with Crippen LogP contribution in [0.4, 0.5) is 13.2 Å². The number of aromatic nitrogens is 1. The lowest BCUT2D eigenvalue weighted by atomic mass is 10.1. The Kier molecular flexibility index (Phi) is 9.33. The molecule has 5 nitrogen and oxygen atoms in total. The Morgan fingerprint density at radius 2 is 1.89 bits per heavy atom. The van der Waals surface area contributed by atoms with Crippen LogP contribution in [-0.2, 0) is 6.54 Å². The van der Waals surface area contributed by atoms with Gasteiger partial charge < -0.3 is 15.4 Å². The van der Waals surface area contributed by atoms with E-state index in [1.165, 1.54) is 6.20 Å². The normalized spacial score (nSPS) is 12.7. The van der Waals surface area contributed by atoms with Crippen molar-refractivity contribution in [2.75, 3.05) is 13.7 Å². The fraction of sp³-hybridized carbons (Fsp3) is 0.333. The summed E-state index contributed by atoms with van der Waals surface area (Å²) in [5, 5.41) is 6.29. The molecule has 0 aliphatic heterocycles. The Morgan fingerprint density at radius 3 is 2.52 bits per heavy atom. The molecule has 0 bridgehead atoms. The fourth-order valence-electron chi connectivity index (χ4n) is 2.24. The van der Waals surface area contributed by atoms with Crippen LogP contribution in [0.1, 0.15) is 24.1 Å². The van der Waals surface area contributed by atoms with E-state index in [1.54, 1.807) is 19.2 Å². The van der Waals surface area contributed by atoms with Gasteiger partial charge in [-0.3, -0.25) is 4.99 Å². The zero-order valence-electron chi connectivity index (χ0n) is 15.0. The molecule has 0 saturated heterocycles. The summed E-state index contributed by atoms with van der Waals surface area (Å²) >= 11 is 0. The highest BCUT2D eigenvalue weighted by atomic mass is 127. The van der Waals surface area contributed by atoms with Crippen LogP contribution < -0.4 is 15.4 Å². The summed E-state index contributed by atoms with van der Waals surface area (Å²) in [4.78, 5) is 8.01. The third-order valence-corrected chi connectivity index (χ3v) is 3.55. The third kappa shape index (κ3) is 8.02. The zero-order valence-corrected chi connectivity index (χ0v) is 17.3. The van der Waals surface area contributed by atoms with Crippen molar-refractivity contribution in [3.63, 3.8) is 0 Å². The first-order chi connectivity index (χ1) is 12.4. The molecule has 0 saturated carbocycles. The monoisotopic (exact) mass is 494 g/mol. The second kappa shape index (κ2) is 11.0. The molecule has 2 aromatic rings. The van der Waals surface area contributed by atoms with E-state index >= 15 is 0 Å². The number of benzene rings is 1. The van der Waals surface area contributed by atoms with Crippen LogP contribution in [-0.4, -0.2) is 30.8 Å². The number of hydrogen-bond donors (Lipinski definition) is 2. The Labute approximate surface area is 173 Å². The molecule has 1 atom stereocenters. The highest BCUT2D eigenvalue weighted by molar-refractivity contribution is 14.0. The van der Waals surface area contributed by atoms with Crippen molar-refractivity contribution >= 4 is 29.9 Å². The van der Waals surface area contributed by atoms with Gasteiger partial charge in [0.2, 0.25) is 5.88 Å². The van der Waals surface area contributed by atoms with Gasteiger partial charge in [0, 0.05) is 25.4 Å². The number of halogens is 4. The predicted molar refractivity (Wildman–Crippen MR) is 109 cm³/mol. The molecule has 1 unspecified atom stereocenters. The van der Waals surface area contributed by atoms with Gasteiger partial charge in [0.1, 0.15) is 0 Å². The van der Waals surface area contributed by atoms with Crippen molar-refractivity contribution in [3.8, 4) is 5.88 Å². The van der Waals surface area contributed by atoms with Gasteiger partial charge in [0.15, 0.2) is 12.6 Å². The van der Waals surface area contributed by atoms with Crippen LogP contribution in [0.15, 0.2) is 53.7 Å². The van der Waals surface area contributed by atoms with Crippen molar-refractivity contribution in [2.45, 2.75) is 25.7 Å². The number of aliphatic imine (C=N–C) groups is 1. The van der Waals surface area contributed by atoms with Gasteiger partial charge in [-0.05, 0) is 18.6 Å². The molecule has 1 aromatic carbocycles. The van der Waals surface area contributed by atoms with Gasteiger partial charge in [-0.1, -0.05) is 36.4 Å². The predicted octanol–water partition coefficient (Wildman–Crippen LogP) is 4.07. The molecule has 2 rings (SSSR count). The van der Waals surface area contributed by atoms with Gasteiger partial charge >= 0.3 is 6.18 Å². The second-order valence-corrected chi connectivity index (χ2v) is 5.57. The maximum atomic E-state index is 12.3. The summed E-state index contributed by atoms with van der Waals surface area (Å²) in [6, 6.07) is 13.1. The summed E-state index contributed by atoms with van der Waals surface area (Å²) in [5.74, 6) is 0.468. The number of nitrogens with zero attached hydrogens (tertiary/aromatic N) is 2. The molecule has 0 spiro atoms. The molecule has 2 N–H and O–H groups in total. The molecule has 0 radical (unpaired) electrons. The first kappa shape index (κ1) is 23.0. The Bertz CT molecular complexity index is 726. The minimum atomic E-state index is -4.41. The number of alkyl halides is 3. The van der Waals surface area contributed by atoms with E-state index in [-0.39, 0.29) is 42.4 Å². The van der Waals surface area contributed by atoms with Crippen molar-refractivity contribution in [1.82, 2.24) is 15.6 Å². The van der Waals surface area contributed by atoms with Crippen LogP contribution >= 0.6 is 24.0 Å². The lowest BCUT2D eigenvalue weighted by Gasteiger charge is -2.19. The van der Waals surface area contributed by atoms with Crippen LogP contribution in [0, 0.1) is 0 Å². The molecule has 0 amide bonds. The number of ether oxygens (including phenoxy) is 1. The smallest absolute Gasteiger partial charge is 0.422 e. The number of hydrogen-bond acceptors (Lipinski definition) is 3. The van der Waals surface area contributed by atoms with E-state index in [0.717, 1.165) is 5.56 Å². The highest BCUT2D eigenvalue weighted by Crippen LogP contribution is 2.20. The zero-order chi connectivity index (χ0) is 19.0. The van der Waals surface area contributed by atoms with Crippen molar-refractivity contribution in [3.05, 3.63) is 59.8 Å². The molecule has 0 fully saturated rings. The van der Waals surface area contributed by atoms with Gasteiger partial charge in [-0.15, -0.1) is 24.0 Å². The average molecular weight is 494 g/mol. The minimum Gasteiger partial charge on any atom is -0.468 e. The number of nitrogens with one attached hydrogen (secondary N) is 2. The molecular formula is C18H22F3IN4O. The molecule has 0 aliphatic rings. The summed E-state index contributed by atoms with van der Waals surface area (Å²) < 4.78 is 41.8. The number of rotatable bonds is 6. The van der Waals surface area contributed by atoms with Crippen LogP contribution in [0.2, 0.25) is 0 Å². The summed E-state index contributed by atoms with van der Waals surface area (Å²) in [5.41, 5.74) is 1.60. The Balaban J connectivity index is 0.00000364. The van der Waals surface area contributed by atoms with Crippen molar-refractivity contribution < 1.29 is 17.9 Å². The maximum Gasteiger partial charge on any atom is 0.422 e. The van der Waals surface area contributed by atoms with Gasteiger partial charge in [-0.2, -0.15) is 13.2 Å². The molecule has 0 aliphatic carbocycles. The Hall–Kier alpha value is -2.04. The lowest BCUT2D eigenvalue weighted by Crippen LogP contribution is -2.38. The summed E-state index contributed by atoms with van der Waals surface area (Å²) in [6.07, 6.45) is -3.02. The van der Waals surface area contributed by atoms with Gasteiger partial charge in [0.05, 0.1) is 6.04 Å². The van der Waals surface area contributed by atoms with E-state index < -0.39 is 12.8 Å². The van der Waals surface area contributed by atoms with E-state index in [2.05, 4.69) is 20.6 Å². The largest absolute Gasteiger partial charge is 0.468 e. The average Bonchev–Trinajstić information content (AvgIpc) is 2.64. The topological polar surface area (TPSA) is 58.5 Å². The molecule has 1 aromatic heterocycles. The lowest BCUT2D eigenvalue weighted by molar-refractivity contribution is -0.154. The van der Waals surface area contributed by atoms with E-state index in [4.69, 9.17) is 4.74 Å². The standard InChI is InChI=1S/C18H21F3N4O.HI/c1-13(14-7-4-3-5-8-14)25-17(22-2)24-11-15-9-6-10-23-16(15)26-12-18(19,20)21;/h3-10,13H,11-12H2,1-2H3,(H2,22,24,25);1H. The van der Waals surface area contributed by atoms with E-state index in [9.17, 15) is 13.2 Å². The second-order valence-electron chi connectivity index (χ2n) is 5.57. The van der Waals surface area contributed by atoms with Crippen LogP contribution in [0.5, 0.6) is 5.88 Å². The number of guanidine groups is 1. The fourth-order valence-corrected chi connectivity index (χ4v) is 2.24. The third-order valence-electron chi connectivity index (χ3n) is 3.55. The van der Waals surface area contributed by atoms with Crippen LogP contribution in [0.3, 0.4) is 0 Å². The number of pyridine rings is 1. The Morgan fingerprint density at radius 1 is 1.19 bits per heavy atom. The van der Waals surface area contributed by atoms with E-state index in [1.807, 2.05) is 37.3 Å². The SMILES string of the molecule is CN=C(NCc1cccnc1OCC(F)(F)F)NC(C)c1ccccc1.I. The van der Waals surface area contributed by atoms with Gasteiger partial charge in [-0.25, -0.2) is 4.98 Å².